The normalized spacial score (nSPS) is 12.6. The van der Waals surface area contributed by atoms with E-state index in [4.69, 9.17) is 4.42 Å². The van der Waals surface area contributed by atoms with Crippen LogP contribution in [0.15, 0.2) is 53.1 Å². The minimum Gasteiger partial charge on any atom is -0.468 e. The van der Waals surface area contributed by atoms with Gasteiger partial charge in [-0.25, -0.2) is 0 Å². The van der Waals surface area contributed by atoms with Crippen molar-refractivity contribution in [1.29, 1.82) is 0 Å². The van der Waals surface area contributed by atoms with Gasteiger partial charge in [-0.05, 0) is 37.6 Å². The van der Waals surface area contributed by atoms with Crippen LogP contribution in [0.5, 0.6) is 0 Å². The molecule has 0 fully saturated rings. The summed E-state index contributed by atoms with van der Waals surface area (Å²) in [5, 5.41) is 3.28. The average Bonchev–Trinajstić information content (AvgIpc) is 2.85. The highest BCUT2D eigenvalue weighted by molar-refractivity contribution is 5.15. The van der Waals surface area contributed by atoms with Crippen LogP contribution < -0.4 is 5.32 Å². The van der Waals surface area contributed by atoms with E-state index in [1.807, 2.05) is 25.2 Å². The fourth-order valence-electron chi connectivity index (χ4n) is 1.87. The van der Waals surface area contributed by atoms with Crippen molar-refractivity contribution in [3.8, 4) is 0 Å². The molecule has 1 N–H and O–H groups in total. The number of hydrogen-bond acceptors (Lipinski definition) is 2. The summed E-state index contributed by atoms with van der Waals surface area (Å²) in [5.74, 6) is 1.01. The van der Waals surface area contributed by atoms with Crippen LogP contribution >= 0.6 is 0 Å². The molecule has 0 amide bonds. The Morgan fingerprint density at radius 1 is 1.12 bits per heavy atom. The summed E-state index contributed by atoms with van der Waals surface area (Å²) in [6, 6.07) is 14.8. The highest BCUT2D eigenvalue weighted by Gasteiger charge is 2.11. The van der Waals surface area contributed by atoms with Crippen molar-refractivity contribution in [3.63, 3.8) is 0 Å². The van der Waals surface area contributed by atoms with Gasteiger partial charge >= 0.3 is 0 Å². The van der Waals surface area contributed by atoms with Gasteiger partial charge < -0.3 is 9.73 Å². The molecule has 0 unspecified atom stereocenters. The second-order valence-corrected chi connectivity index (χ2v) is 3.88. The molecular weight excluding hydrogens is 198 g/mol. The molecule has 2 rings (SSSR count). The van der Waals surface area contributed by atoms with Gasteiger partial charge in [0.15, 0.2) is 0 Å². The lowest BCUT2D eigenvalue weighted by atomic mass is 10.0. The Morgan fingerprint density at radius 2 is 1.94 bits per heavy atom. The maximum absolute atomic E-state index is 5.41. The molecule has 2 nitrogen and oxygen atoms in total. The molecule has 2 heteroatoms. The first kappa shape index (κ1) is 11.0. The van der Waals surface area contributed by atoms with E-state index in [-0.39, 0.29) is 0 Å². The number of furan rings is 1. The van der Waals surface area contributed by atoms with E-state index in [9.17, 15) is 0 Å². The summed E-state index contributed by atoms with van der Waals surface area (Å²) in [7, 11) is 1.97. The average molecular weight is 215 g/mol. The summed E-state index contributed by atoms with van der Waals surface area (Å²) in [5.41, 5.74) is 1.37. The minimum absolute atomic E-state index is 0.301. The summed E-state index contributed by atoms with van der Waals surface area (Å²) in [6.45, 7) is 0. The van der Waals surface area contributed by atoms with Gasteiger partial charge in [0.1, 0.15) is 5.76 Å². The van der Waals surface area contributed by atoms with Gasteiger partial charge in [0.2, 0.25) is 0 Å². The molecule has 0 saturated heterocycles. The summed E-state index contributed by atoms with van der Waals surface area (Å²) < 4.78 is 5.41. The molecule has 0 spiro atoms. The molecule has 1 atom stereocenters. The van der Waals surface area contributed by atoms with Gasteiger partial charge in [-0.15, -0.1) is 0 Å². The van der Waals surface area contributed by atoms with Crippen molar-refractivity contribution < 1.29 is 4.42 Å². The molecule has 0 saturated carbocycles. The Hall–Kier alpha value is -1.54. The predicted octanol–water partition coefficient (Wildman–Crippen LogP) is 3.17. The largest absolute Gasteiger partial charge is 0.468 e. The number of aryl methyl sites for hydroxylation is 1. The second kappa shape index (κ2) is 5.52. The lowest BCUT2D eigenvalue weighted by Gasteiger charge is -2.13. The van der Waals surface area contributed by atoms with Crippen molar-refractivity contribution >= 4 is 0 Å². The third-order valence-electron chi connectivity index (χ3n) is 2.80. The SMILES string of the molecule is CN[C@H](CCc1ccccc1)c1ccco1. The van der Waals surface area contributed by atoms with Crippen molar-refractivity contribution in [2.75, 3.05) is 7.05 Å². The van der Waals surface area contributed by atoms with Crippen molar-refractivity contribution in [1.82, 2.24) is 5.32 Å². The zero-order valence-electron chi connectivity index (χ0n) is 9.52. The molecular formula is C14H17NO. The fraction of sp³-hybridized carbons (Fsp3) is 0.286. The van der Waals surface area contributed by atoms with Crippen LogP contribution in [0, 0.1) is 0 Å². The van der Waals surface area contributed by atoms with E-state index in [0.717, 1.165) is 18.6 Å². The Bertz CT molecular complexity index is 394. The first-order valence-corrected chi connectivity index (χ1v) is 5.65. The van der Waals surface area contributed by atoms with Gasteiger partial charge in [0.05, 0.1) is 12.3 Å². The molecule has 2 aromatic rings. The Labute approximate surface area is 96.3 Å². The summed E-state index contributed by atoms with van der Waals surface area (Å²) in [6.07, 6.45) is 3.84. The van der Waals surface area contributed by atoms with Crippen LogP contribution in [0.1, 0.15) is 23.8 Å². The molecule has 1 aromatic heterocycles. The lowest BCUT2D eigenvalue weighted by Crippen LogP contribution is -2.16. The first-order chi connectivity index (χ1) is 7.90. The number of benzene rings is 1. The Morgan fingerprint density at radius 3 is 2.56 bits per heavy atom. The zero-order chi connectivity index (χ0) is 11.2. The molecule has 0 aliphatic carbocycles. The van der Waals surface area contributed by atoms with Crippen LogP contribution in [0.3, 0.4) is 0 Å². The highest BCUT2D eigenvalue weighted by Crippen LogP contribution is 2.19. The van der Waals surface area contributed by atoms with E-state index in [1.165, 1.54) is 5.56 Å². The maximum atomic E-state index is 5.41. The van der Waals surface area contributed by atoms with Crippen LogP contribution in [0.4, 0.5) is 0 Å². The van der Waals surface area contributed by atoms with Gasteiger partial charge in [0, 0.05) is 0 Å². The molecule has 1 heterocycles. The van der Waals surface area contributed by atoms with Crippen molar-refractivity contribution in [3.05, 3.63) is 60.1 Å². The third-order valence-corrected chi connectivity index (χ3v) is 2.80. The molecule has 84 valence electrons. The maximum Gasteiger partial charge on any atom is 0.120 e. The summed E-state index contributed by atoms with van der Waals surface area (Å²) >= 11 is 0. The van der Waals surface area contributed by atoms with E-state index in [2.05, 4.69) is 29.6 Å². The molecule has 0 aliphatic heterocycles. The number of nitrogens with one attached hydrogen (secondary N) is 1. The van der Waals surface area contributed by atoms with E-state index in [0.29, 0.717) is 6.04 Å². The number of rotatable bonds is 5. The Kier molecular flexibility index (Phi) is 3.78. The van der Waals surface area contributed by atoms with Gasteiger partial charge in [-0.2, -0.15) is 0 Å². The highest BCUT2D eigenvalue weighted by atomic mass is 16.3. The second-order valence-electron chi connectivity index (χ2n) is 3.88. The van der Waals surface area contributed by atoms with Gasteiger partial charge in [-0.3, -0.25) is 0 Å². The first-order valence-electron chi connectivity index (χ1n) is 5.65. The van der Waals surface area contributed by atoms with Crippen LogP contribution in [0.2, 0.25) is 0 Å². The van der Waals surface area contributed by atoms with E-state index >= 15 is 0 Å². The van der Waals surface area contributed by atoms with Crippen LogP contribution in [-0.4, -0.2) is 7.05 Å². The smallest absolute Gasteiger partial charge is 0.120 e. The van der Waals surface area contributed by atoms with Crippen LogP contribution in [0.25, 0.3) is 0 Å². The monoisotopic (exact) mass is 215 g/mol. The van der Waals surface area contributed by atoms with E-state index in [1.54, 1.807) is 6.26 Å². The minimum atomic E-state index is 0.301. The molecule has 16 heavy (non-hydrogen) atoms. The predicted molar refractivity (Wildman–Crippen MR) is 65.3 cm³/mol. The topological polar surface area (TPSA) is 25.2 Å². The third kappa shape index (κ3) is 2.74. The van der Waals surface area contributed by atoms with Gasteiger partial charge in [-0.1, -0.05) is 30.3 Å². The number of hydrogen-bond donors (Lipinski definition) is 1. The summed E-state index contributed by atoms with van der Waals surface area (Å²) in [4.78, 5) is 0. The zero-order valence-corrected chi connectivity index (χ0v) is 9.52. The molecule has 0 radical (unpaired) electrons. The van der Waals surface area contributed by atoms with Crippen molar-refractivity contribution in [2.24, 2.45) is 0 Å². The van der Waals surface area contributed by atoms with Crippen molar-refractivity contribution in [2.45, 2.75) is 18.9 Å². The fourth-order valence-corrected chi connectivity index (χ4v) is 1.87. The molecule has 0 bridgehead atoms. The standard InChI is InChI=1S/C14H17NO/c1-15-13(14-8-5-11-16-14)10-9-12-6-3-2-4-7-12/h2-8,11,13,15H,9-10H2,1H3/t13-/m1/s1. The molecule has 0 aliphatic rings. The molecule has 1 aromatic carbocycles. The lowest BCUT2D eigenvalue weighted by molar-refractivity contribution is 0.415. The van der Waals surface area contributed by atoms with Gasteiger partial charge in [0.25, 0.3) is 0 Å². The van der Waals surface area contributed by atoms with E-state index < -0.39 is 0 Å². The van der Waals surface area contributed by atoms with Crippen LogP contribution in [-0.2, 0) is 6.42 Å². The quantitative estimate of drug-likeness (QED) is 0.828. The Balaban J connectivity index is 1.94.